The number of furan rings is 1. The molecule has 0 aliphatic carbocycles. The molecule has 4 heteroatoms. The van der Waals surface area contributed by atoms with Gasteiger partial charge in [-0.25, -0.2) is 4.99 Å². The summed E-state index contributed by atoms with van der Waals surface area (Å²) in [6, 6.07) is 67.5. The van der Waals surface area contributed by atoms with Gasteiger partial charge in [0.05, 0.1) is 0 Å². The molecule has 12 rings (SSSR count). The molecular weight excluding hydrogens is 695 g/mol. The summed E-state index contributed by atoms with van der Waals surface area (Å²) in [5.41, 5.74) is 7.27. The van der Waals surface area contributed by atoms with E-state index >= 15 is 0 Å². The lowest BCUT2D eigenvalue weighted by Crippen LogP contribution is -2.45. The summed E-state index contributed by atoms with van der Waals surface area (Å²) in [5.74, 6) is 0.847. The molecule has 10 aromatic carbocycles. The molecular formula is C53H35N3O. The van der Waals surface area contributed by atoms with E-state index < -0.39 is 6.17 Å². The maximum absolute atomic E-state index is 6.70. The topological polar surface area (TPSA) is 49.6 Å². The molecule has 4 nitrogen and oxygen atoms in total. The van der Waals surface area contributed by atoms with Crippen molar-refractivity contribution in [2.24, 2.45) is 4.99 Å². The zero-order chi connectivity index (χ0) is 37.5. The summed E-state index contributed by atoms with van der Waals surface area (Å²) in [6.07, 6.45) is -0.711. The maximum Gasteiger partial charge on any atom is 0.136 e. The van der Waals surface area contributed by atoms with Gasteiger partial charge in [-0.1, -0.05) is 158 Å². The summed E-state index contributed by atoms with van der Waals surface area (Å²) >= 11 is 0. The van der Waals surface area contributed by atoms with Crippen LogP contribution in [0.1, 0.15) is 29.0 Å². The number of amidine groups is 1. The van der Waals surface area contributed by atoms with Gasteiger partial charge < -0.3 is 9.73 Å². The molecule has 268 valence electrons. The lowest BCUT2D eigenvalue weighted by molar-refractivity contribution is 0.413. The van der Waals surface area contributed by atoms with Crippen LogP contribution in [0.4, 0.5) is 0 Å². The number of nitrogens with one attached hydrogen (secondary N) is 2. The Morgan fingerprint density at radius 2 is 0.982 bits per heavy atom. The van der Waals surface area contributed by atoms with Crippen LogP contribution in [0.2, 0.25) is 0 Å². The summed E-state index contributed by atoms with van der Waals surface area (Å²) in [7, 11) is 0. The van der Waals surface area contributed by atoms with E-state index in [1.807, 2.05) is 6.07 Å². The van der Waals surface area contributed by atoms with Crippen molar-refractivity contribution in [3.05, 3.63) is 205 Å². The highest BCUT2D eigenvalue weighted by atomic mass is 16.3. The van der Waals surface area contributed by atoms with E-state index in [0.717, 1.165) is 55.4 Å². The first kappa shape index (κ1) is 32.0. The van der Waals surface area contributed by atoms with Crippen LogP contribution in [-0.2, 0) is 0 Å². The largest absolute Gasteiger partial charge is 0.456 e. The minimum atomic E-state index is -0.430. The van der Waals surface area contributed by atoms with Crippen LogP contribution in [0.25, 0.3) is 86.9 Å². The van der Waals surface area contributed by atoms with Crippen LogP contribution in [0, 0.1) is 0 Å². The normalized spacial score (nSPS) is 15.9. The van der Waals surface area contributed by atoms with Crippen LogP contribution >= 0.6 is 0 Å². The number of nitrogens with zero attached hydrogens (tertiary/aromatic N) is 1. The first-order valence-corrected chi connectivity index (χ1v) is 19.6. The standard InChI is InChI=1S/C53H35N3O/c1-4-18-36-32(14-1)17-13-26-39(36)35-30-47(50-44-25-11-12-27-48(44)57-49(50)31-35)53-55-51(45-28-33-15-2-5-19-37(33)40-21-7-9-23-42(40)45)54-52(56-53)46-29-34-16-3-6-20-38(34)41-22-8-10-24-43(41)46/h1-31,51,53,55H,(H,54,56). The van der Waals surface area contributed by atoms with Crippen molar-refractivity contribution in [3.63, 3.8) is 0 Å². The van der Waals surface area contributed by atoms with Gasteiger partial charge in [-0.3, -0.25) is 5.32 Å². The summed E-state index contributed by atoms with van der Waals surface area (Å²) < 4.78 is 6.70. The Morgan fingerprint density at radius 3 is 1.75 bits per heavy atom. The highest BCUT2D eigenvalue weighted by molar-refractivity contribution is 6.19. The van der Waals surface area contributed by atoms with Crippen LogP contribution < -0.4 is 10.6 Å². The van der Waals surface area contributed by atoms with Gasteiger partial charge in [0, 0.05) is 21.9 Å². The first-order valence-electron chi connectivity index (χ1n) is 19.6. The number of benzene rings is 10. The van der Waals surface area contributed by atoms with Crippen molar-refractivity contribution in [3.8, 4) is 11.1 Å². The number of hydrogen-bond donors (Lipinski definition) is 2. The van der Waals surface area contributed by atoms with Crippen LogP contribution in [0.5, 0.6) is 0 Å². The quantitative estimate of drug-likeness (QED) is 0.177. The molecule has 0 saturated carbocycles. The van der Waals surface area contributed by atoms with Gasteiger partial charge in [-0.15, -0.1) is 0 Å². The predicted octanol–water partition coefficient (Wildman–Crippen LogP) is 13.4. The van der Waals surface area contributed by atoms with Crippen molar-refractivity contribution >= 4 is 81.6 Å². The Balaban J connectivity index is 1.15. The van der Waals surface area contributed by atoms with E-state index in [1.54, 1.807) is 0 Å². The van der Waals surface area contributed by atoms with Crippen LogP contribution in [-0.4, -0.2) is 5.84 Å². The van der Waals surface area contributed by atoms with Gasteiger partial charge in [-0.05, 0) is 101 Å². The molecule has 11 aromatic rings. The van der Waals surface area contributed by atoms with Gasteiger partial charge in [0.2, 0.25) is 0 Å². The van der Waals surface area contributed by atoms with Gasteiger partial charge >= 0.3 is 0 Å². The molecule has 1 aliphatic heterocycles. The van der Waals surface area contributed by atoms with E-state index in [9.17, 15) is 0 Å². The third kappa shape index (κ3) is 5.08. The number of rotatable bonds is 4. The monoisotopic (exact) mass is 729 g/mol. The highest BCUT2D eigenvalue weighted by Gasteiger charge is 2.30. The predicted molar refractivity (Wildman–Crippen MR) is 238 cm³/mol. The minimum Gasteiger partial charge on any atom is -0.456 e. The third-order valence-electron chi connectivity index (χ3n) is 11.9. The molecule has 57 heavy (non-hydrogen) atoms. The lowest BCUT2D eigenvalue weighted by Gasteiger charge is -2.34. The van der Waals surface area contributed by atoms with Crippen molar-refractivity contribution in [2.75, 3.05) is 0 Å². The third-order valence-corrected chi connectivity index (χ3v) is 11.9. The molecule has 2 heterocycles. The zero-order valence-electron chi connectivity index (χ0n) is 30.9. The molecule has 0 spiro atoms. The first-order chi connectivity index (χ1) is 28.2. The maximum atomic E-state index is 6.70. The molecule has 0 saturated heterocycles. The smallest absolute Gasteiger partial charge is 0.136 e. The van der Waals surface area contributed by atoms with Gasteiger partial charge in [0.25, 0.3) is 0 Å². The second-order valence-electron chi connectivity index (χ2n) is 15.1. The summed E-state index contributed by atoms with van der Waals surface area (Å²) in [4.78, 5) is 5.68. The molecule has 1 aliphatic rings. The fourth-order valence-corrected chi connectivity index (χ4v) is 9.32. The fraction of sp³-hybridized carbons (Fsp3) is 0.0377. The Labute approximate surface area is 328 Å². The van der Waals surface area contributed by atoms with Crippen molar-refractivity contribution < 1.29 is 4.42 Å². The lowest BCUT2D eigenvalue weighted by atomic mass is 9.92. The Bertz CT molecular complexity index is 3450. The Morgan fingerprint density at radius 1 is 0.404 bits per heavy atom. The van der Waals surface area contributed by atoms with Crippen molar-refractivity contribution in [2.45, 2.75) is 12.3 Å². The zero-order valence-corrected chi connectivity index (χ0v) is 30.9. The second kappa shape index (κ2) is 12.6. The van der Waals surface area contributed by atoms with E-state index in [1.165, 1.54) is 54.0 Å². The van der Waals surface area contributed by atoms with Gasteiger partial charge in [0.15, 0.2) is 0 Å². The Hall–Kier alpha value is -7.27. The molecule has 0 amide bonds. The molecule has 2 atom stereocenters. The van der Waals surface area contributed by atoms with Crippen LogP contribution in [0.15, 0.2) is 197 Å². The number of fused-ring (bicyclic) bond motifs is 10. The van der Waals surface area contributed by atoms with Gasteiger partial charge in [-0.2, -0.15) is 0 Å². The number of para-hydroxylation sites is 1. The van der Waals surface area contributed by atoms with Crippen molar-refractivity contribution in [1.82, 2.24) is 10.6 Å². The average Bonchev–Trinajstić information content (AvgIpc) is 3.66. The van der Waals surface area contributed by atoms with Gasteiger partial charge in [0.1, 0.15) is 29.3 Å². The average molecular weight is 730 g/mol. The highest BCUT2D eigenvalue weighted by Crippen LogP contribution is 2.42. The SMILES string of the molecule is c1ccc2c(-c3cc(C4N=C(c5cc6ccccc6c6ccccc56)NC(c5cc6ccccc6c6ccccc56)N4)c4c(c3)oc3ccccc34)cccc2c1. The molecule has 2 N–H and O–H groups in total. The summed E-state index contributed by atoms with van der Waals surface area (Å²) in [5, 5.41) is 22.2. The molecule has 2 unspecified atom stereocenters. The van der Waals surface area contributed by atoms with E-state index in [4.69, 9.17) is 9.41 Å². The molecule has 0 fully saturated rings. The van der Waals surface area contributed by atoms with Crippen LogP contribution in [0.3, 0.4) is 0 Å². The minimum absolute atomic E-state index is 0.281. The van der Waals surface area contributed by atoms with E-state index in [0.29, 0.717) is 0 Å². The molecule has 0 radical (unpaired) electrons. The number of aliphatic imine (C=N–C) groups is 1. The van der Waals surface area contributed by atoms with E-state index in [2.05, 4.69) is 193 Å². The molecule has 0 bridgehead atoms. The Kier molecular flexibility index (Phi) is 7.10. The fourth-order valence-electron chi connectivity index (χ4n) is 9.32. The number of hydrogen-bond acceptors (Lipinski definition) is 4. The second-order valence-corrected chi connectivity index (χ2v) is 15.1. The summed E-state index contributed by atoms with van der Waals surface area (Å²) in [6.45, 7) is 0. The van der Waals surface area contributed by atoms with Crippen molar-refractivity contribution in [1.29, 1.82) is 0 Å². The van der Waals surface area contributed by atoms with E-state index in [-0.39, 0.29) is 6.17 Å². The molecule has 1 aromatic heterocycles.